The molecule has 22 heavy (non-hydrogen) atoms. The molecule has 0 bridgehead atoms. The van der Waals surface area contributed by atoms with Crippen LogP contribution in [0.2, 0.25) is 0 Å². The van der Waals surface area contributed by atoms with Crippen LogP contribution in [0.5, 0.6) is 0 Å². The highest BCUT2D eigenvalue weighted by atomic mass is 79.9. The molecule has 1 aliphatic heterocycles. The molecule has 0 aliphatic carbocycles. The van der Waals surface area contributed by atoms with E-state index in [2.05, 4.69) is 26.2 Å². The Kier molecular flexibility index (Phi) is 4.45. The molecule has 1 fully saturated rings. The molecule has 1 heterocycles. The Morgan fingerprint density at radius 1 is 1.18 bits per heavy atom. The molecule has 1 saturated heterocycles. The van der Waals surface area contributed by atoms with E-state index < -0.39 is 0 Å². The van der Waals surface area contributed by atoms with Gasteiger partial charge < -0.3 is 5.32 Å². The third kappa shape index (κ3) is 3.67. The first-order chi connectivity index (χ1) is 10.6. The Morgan fingerprint density at radius 2 is 2.00 bits per heavy atom. The average Bonchev–Trinajstić information content (AvgIpc) is 2.79. The van der Waals surface area contributed by atoms with E-state index in [0.29, 0.717) is 10.1 Å². The summed E-state index contributed by atoms with van der Waals surface area (Å²) in [6, 6.07) is 15.7. The lowest BCUT2D eigenvalue weighted by atomic mass is 10.2. The van der Waals surface area contributed by atoms with Crippen LogP contribution in [0.4, 0.5) is 5.69 Å². The average molecular weight is 373 g/mol. The number of amidine groups is 1. The molecule has 1 aliphatic rings. The molecule has 0 saturated carbocycles. The standard InChI is InChI=1S/C17H13BrN2OS/c1-11-4-2-7-14(8-11)19-17-20-16(21)15(22-17)10-12-5-3-6-13(18)9-12/h2-10H,1H3,(H,19,20,21). The first-order valence-electron chi connectivity index (χ1n) is 6.72. The summed E-state index contributed by atoms with van der Waals surface area (Å²) in [7, 11) is 0. The number of carbonyl (C=O) groups is 1. The van der Waals surface area contributed by atoms with E-state index in [1.165, 1.54) is 11.8 Å². The first-order valence-corrected chi connectivity index (χ1v) is 8.33. The lowest BCUT2D eigenvalue weighted by Gasteiger charge is -1.97. The second-order valence-corrected chi connectivity index (χ2v) is 6.82. The minimum atomic E-state index is -0.114. The normalized spacial score (nSPS) is 18.0. The Balaban J connectivity index is 1.84. The molecule has 2 aromatic carbocycles. The maximum atomic E-state index is 12.0. The number of hydrogen-bond donors (Lipinski definition) is 1. The van der Waals surface area contributed by atoms with Crippen LogP contribution in [0.1, 0.15) is 11.1 Å². The zero-order valence-electron chi connectivity index (χ0n) is 11.8. The van der Waals surface area contributed by atoms with Gasteiger partial charge in [0.2, 0.25) is 0 Å². The largest absolute Gasteiger partial charge is 0.300 e. The van der Waals surface area contributed by atoms with Gasteiger partial charge in [-0.15, -0.1) is 0 Å². The molecular weight excluding hydrogens is 360 g/mol. The number of amides is 1. The molecule has 0 unspecified atom stereocenters. The van der Waals surface area contributed by atoms with E-state index in [4.69, 9.17) is 0 Å². The van der Waals surface area contributed by atoms with Crippen molar-refractivity contribution < 1.29 is 4.79 Å². The summed E-state index contributed by atoms with van der Waals surface area (Å²) in [6.45, 7) is 2.02. The third-order valence-electron chi connectivity index (χ3n) is 3.03. The van der Waals surface area contributed by atoms with E-state index in [0.717, 1.165) is 21.3 Å². The first kappa shape index (κ1) is 15.1. The van der Waals surface area contributed by atoms with Gasteiger partial charge in [-0.2, -0.15) is 0 Å². The molecular formula is C17H13BrN2OS. The van der Waals surface area contributed by atoms with Crippen molar-refractivity contribution in [3.05, 3.63) is 69.0 Å². The van der Waals surface area contributed by atoms with Gasteiger partial charge in [-0.3, -0.25) is 4.79 Å². The van der Waals surface area contributed by atoms with Crippen molar-refractivity contribution in [3.63, 3.8) is 0 Å². The fourth-order valence-electron chi connectivity index (χ4n) is 2.04. The van der Waals surface area contributed by atoms with Gasteiger partial charge >= 0.3 is 0 Å². The van der Waals surface area contributed by atoms with Crippen molar-refractivity contribution >= 4 is 50.5 Å². The van der Waals surface area contributed by atoms with Gasteiger partial charge in [-0.1, -0.05) is 40.2 Å². The molecule has 1 amide bonds. The van der Waals surface area contributed by atoms with Crippen LogP contribution in [0, 0.1) is 6.92 Å². The maximum Gasteiger partial charge on any atom is 0.264 e. The topological polar surface area (TPSA) is 41.5 Å². The SMILES string of the molecule is Cc1cccc(N=C2NC(=O)C(=Cc3cccc(Br)c3)S2)c1. The van der Waals surface area contributed by atoms with E-state index in [9.17, 15) is 4.79 Å². The summed E-state index contributed by atoms with van der Waals surface area (Å²) in [5.74, 6) is -0.114. The van der Waals surface area contributed by atoms with Gasteiger partial charge in [-0.05, 0) is 60.2 Å². The highest BCUT2D eigenvalue weighted by molar-refractivity contribution is 9.10. The Labute approximate surface area is 141 Å². The summed E-state index contributed by atoms with van der Waals surface area (Å²) < 4.78 is 0.985. The fourth-order valence-corrected chi connectivity index (χ4v) is 3.30. The lowest BCUT2D eigenvalue weighted by molar-refractivity contribution is -0.115. The van der Waals surface area contributed by atoms with Gasteiger partial charge in [-0.25, -0.2) is 4.99 Å². The monoisotopic (exact) mass is 372 g/mol. The van der Waals surface area contributed by atoms with E-state index in [1.54, 1.807) is 0 Å². The molecule has 110 valence electrons. The minimum Gasteiger partial charge on any atom is -0.300 e. The highest BCUT2D eigenvalue weighted by Crippen LogP contribution is 2.28. The van der Waals surface area contributed by atoms with E-state index >= 15 is 0 Å². The van der Waals surface area contributed by atoms with Crippen LogP contribution in [-0.2, 0) is 4.79 Å². The summed E-state index contributed by atoms with van der Waals surface area (Å²) in [5, 5.41) is 3.41. The van der Waals surface area contributed by atoms with Crippen LogP contribution in [0.25, 0.3) is 6.08 Å². The Hall–Kier alpha value is -1.85. The van der Waals surface area contributed by atoms with Crippen LogP contribution in [0.15, 0.2) is 62.9 Å². The third-order valence-corrected chi connectivity index (χ3v) is 4.43. The second kappa shape index (κ2) is 6.50. The number of benzene rings is 2. The minimum absolute atomic E-state index is 0.114. The number of thioether (sulfide) groups is 1. The lowest BCUT2D eigenvalue weighted by Crippen LogP contribution is -2.19. The predicted octanol–water partition coefficient (Wildman–Crippen LogP) is 4.65. The van der Waals surface area contributed by atoms with E-state index in [-0.39, 0.29) is 5.91 Å². The molecule has 1 N–H and O–H groups in total. The van der Waals surface area contributed by atoms with Gasteiger partial charge in [0.15, 0.2) is 5.17 Å². The molecule has 2 aromatic rings. The Morgan fingerprint density at radius 3 is 2.77 bits per heavy atom. The van der Waals surface area contributed by atoms with Crippen LogP contribution in [-0.4, -0.2) is 11.1 Å². The molecule has 0 spiro atoms. The number of aryl methyl sites for hydroxylation is 1. The smallest absolute Gasteiger partial charge is 0.264 e. The van der Waals surface area contributed by atoms with Crippen molar-refractivity contribution in [2.75, 3.05) is 0 Å². The summed E-state index contributed by atoms with van der Waals surface area (Å²) in [5.41, 5.74) is 2.96. The van der Waals surface area contributed by atoms with Crippen LogP contribution in [0.3, 0.4) is 0 Å². The second-order valence-electron chi connectivity index (χ2n) is 4.88. The number of carbonyl (C=O) groups excluding carboxylic acids is 1. The maximum absolute atomic E-state index is 12.0. The summed E-state index contributed by atoms with van der Waals surface area (Å²) in [6.07, 6.45) is 1.86. The van der Waals surface area contributed by atoms with Gasteiger partial charge in [0.25, 0.3) is 5.91 Å². The van der Waals surface area contributed by atoms with Crippen molar-refractivity contribution in [1.29, 1.82) is 0 Å². The Bertz CT molecular complexity index is 799. The number of halogens is 1. The number of hydrogen-bond acceptors (Lipinski definition) is 3. The van der Waals surface area contributed by atoms with Gasteiger partial charge in [0, 0.05) is 4.47 Å². The molecule has 0 radical (unpaired) electrons. The van der Waals surface area contributed by atoms with Gasteiger partial charge in [0.1, 0.15) is 0 Å². The fraction of sp³-hybridized carbons (Fsp3) is 0.0588. The van der Waals surface area contributed by atoms with Crippen molar-refractivity contribution in [2.24, 2.45) is 4.99 Å². The van der Waals surface area contributed by atoms with E-state index in [1.807, 2.05) is 61.5 Å². The van der Waals surface area contributed by atoms with Crippen LogP contribution >= 0.6 is 27.7 Å². The van der Waals surface area contributed by atoms with Crippen molar-refractivity contribution in [1.82, 2.24) is 5.32 Å². The number of rotatable bonds is 2. The van der Waals surface area contributed by atoms with Crippen molar-refractivity contribution in [2.45, 2.75) is 6.92 Å². The number of aliphatic imine (C=N–C) groups is 1. The van der Waals surface area contributed by atoms with Crippen LogP contribution < -0.4 is 5.32 Å². The molecule has 0 aromatic heterocycles. The molecule has 3 nitrogen and oxygen atoms in total. The zero-order chi connectivity index (χ0) is 15.5. The summed E-state index contributed by atoms with van der Waals surface area (Å²) in [4.78, 5) is 17.2. The zero-order valence-corrected chi connectivity index (χ0v) is 14.2. The number of nitrogens with one attached hydrogen (secondary N) is 1. The predicted molar refractivity (Wildman–Crippen MR) is 96.1 cm³/mol. The molecule has 5 heteroatoms. The molecule has 0 atom stereocenters. The quantitative estimate of drug-likeness (QED) is 0.779. The number of nitrogens with zero attached hydrogens (tertiary/aromatic N) is 1. The molecule has 3 rings (SSSR count). The van der Waals surface area contributed by atoms with Crippen molar-refractivity contribution in [3.8, 4) is 0 Å². The summed E-state index contributed by atoms with van der Waals surface area (Å²) >= 11 is 4.78. The van der Waals surface area contributed by atoms with Gasteiger partial charge in [0.05, 0.1) is 10.6 Å². The highest BCUT2D eigenvalue weighted by Gasteiger charge is 2.23.